The molecule has 0 aromatic heterocycles. The highest BCUT2D eigenvalue weighted by Gasteiger charge is 2.20. The summed E-state index contributed by atoms with van der Waals surface area (Å²) in [7, 11) is -5.32. The Labute approximate surface area is 169 Å². The lowest BCUT2D eigenvalue weighted by molar-refractivity contribution is 0.322. The maximum Gasteiger partial charge on any atom is 0.241 e. The third-order valence-corrected chi connectivity index (χ3v) is 7.49. The van der Waals surface area contributed by atoms with Crippen molar-refractivity contribution in [3.8, 4) is 0 Å². The number of hydrogen-bond donors (Lipinski definition) is 1. The Morgan fingerprint density at radius 1 is 1.04 bits per heavy atom. The molecule has 0 aliphatic carbocycles. The number of sulfone groups is 1. The number of sulfonamides is 1. The molecule has 0 amide bonds. The number of hydrogen-bond acceptors (Lipinski definition) is 5. The Balaban J connectivity index is 1.93. The van der Waals surface area contributed by atoms with Crippen molar-refractivity contribution in [1.29, 1.82) is 0 Å². The molecule has 0 fully saturated rings. The van der Waals surface area contributed by atoms with Crippen LogP contribution >= 0.6 is 15.9 Å². The van der Waals surface area contributed by atoms with Gasteiger partial charge >= 0.3 is 0 Å². The van der Waals surface area contributed by atoms with Crippen molar-refractivity contribution >= 4 is 35.8 Å². The number of nitrogens with one attached hydrogen (secondary N) is 1. The van der Waals surface area contributed by atoms with Gasteiger partial charge in [0.1, 0.15) is 0 Å². The average molecular weight is 475 g/mol. The number of nitrogens with zero attached hydrogens (tertiary/aromatic N) is 1. The summed E-state index contributed by atoms with van der Waals surface area (Å²) in [5.41, 5.74) is 1.20. The SMILES string of the molecule is CN(CCCNS(=O)(=O)c1cc(S(C)(=O)=O)ccc1Br)Cc1ccccc1. The van der Waals surface area contributed by atoms with Crippen LogP contribution in [0.5, 0.6) is 0 Å². The van der Waals surface area contributed by atoms with Crippen LogP contribution in [0.3, 0.4) is 0 Å². The first-order chi connectivity index (χ1) is 12.6. The molecule has 27 heavy (non-hydrogen) atoms. The van der Waals surface area contributed by atoms with Crippen molar-refractivity contribution in [2.45, 2.75) is 22.8 Å². The molecule has 0 saturated carbocycles. The molecule has 1 N–H and O–H groups in total. The fraction of sp³-hybridized carbons (Fsp3) is 0.333. The van der Waals surface area contributed by atoms with E-state index in [1.165, 1.54) is 23.8 Å². The minimum Gasteiger partial charge on any atom is -0.302 e. The van der Waals surface area contributed by atoms with Gasteiger partial charge in [-0.1, -0.05) is 30.3 Å². The predicted octanol–water partition coefficient (Wildman–Crippen LogP) is 2.65. The summed E-state index contributed by atoms with van der Waals surface area (Å²) in [5, 5.41) is 0. The quantitative estimate of drug-likeness (QED) is 0.564. The highest BCUT2D eigenvalue weighted by Crippen LogP contribution is 2.25. The van der Waals surface area contributed by atoms with E-state index in [0.29, 0.717) is 10.9 Å². The normalized spacial score (nSPS) is 12.4. The highest BCUT2D eigenvalue weighted by atomic mass is 79.9. The lowest BCUT2D eigenvalue weighted by atomic mass is 10.2. The van der Waals surface area contributed by atoms with Crippen molar-refractivity contribution in [2.75, 3.05) is 26.4 Å². The monoisotopic (exact) mass is 474 g/mol. The fourth-order valence-corrected chi connectivity index (χ4v) is 5.31. The van der Waals surface area contributed by atoms with Crippen LogP contribution in [0.1, 0.15) is 12.0 Å². The van der Waals surface area contributed by atoms with Gasteiger partial charge < -0.3 is 4.90 Å². The van der Waals surface area contributed by atoms with E-state index in [9.17, 15) is 16.8 Å². The van der Waals surface area contributed by atoms with Crippen LogP contribution in [0.2, 0.25) is 0 Å². The molecule has 0 atom stereocenters. The summed E-state index contributed by atoms with van der Waals surface area (Å²) in [5.74, 6) is 0. The Kier molecular flexibility index (Phi) is 7.58. The van der Waals surface area contributed by atoms with Gasteiger partial charge in [0.15, 0.2) is 9.84 Å². The summed E-state index contributed by atoms with van der Waals surface area (Å²) in [6, 6.07) is 14.0. The summed E-state index contributed by atoms with van der Waals surface area (Å²) in [4.78, 5) is 2.00. The Hall–Kier alpha value is -1.26. The molecule has 2 aromatic carbocycles. The van der Waals surface area contributed by atoms with Crippen molar-refractivity contribution in [2.24, 2.45) is 0 Å². The molecule has 148 valence electrons. The largest absolute Gasteiger partial charge is 0.302 e. The third-order valence-electron chi connectivity index (χ3n) is 3.92. The molecule has 0 unspecified atom stereocenters. The van der Waals surface area contributed by atoms with Crippen LogP contribution in [0.15, 0.2) is 62.8 Å². The van der Waals surface area contributed by atoms with E-state index in [4.69, 9.17) is 0 Å². The van der Waals surface area contributed by atoms with Crippen LogP contribution in [-0.2, 0) is 26.4 Å². The molecule has 2 aromatic rings. The molecule has 0 aliphatic rings. The zero-order valence-corrected chi connectivity index (χ0v) is 18.4. The van der Waals surface area contributed by atoms with Gasteiger partial charge in [-0.25, -0.2) is 21.6 Å². The third kappa shape index (κ3) is 6.69. The van der Waals surface area contributed by atoms with Gasteiger partial charge in [-0.3, -0.25) is 0 Å². The first kappa shape index (κ1) is 22.0. The van der Waals surface area contributed by atoms with Gasteiger partial charge in [0.2, 0.25) is 10.0 Å². The molecule has 0 bridgehead atoms. The van der Waals surface area contributed by atoms with E-state index in [2.05, 4.69) is 25.6 Å². The number of benzene rings is 2. The molecule has 0 aliphatic heterocycles. The Bertz CT molecular complexity index is 978. The molecular formula is C18H23BrN2O4S2. The van der Waals surface area contributed by atoms with Gasteiger partial charge in [0.25, 0.3) is 0 Å². The average Bonchev–Trinajstić information content (AvgIpc) is 2.59. The van der Waals surface area contributed by atoms with Crippen molar-refractivity contribution in [3.63, 3.8) is 0 Å². The molecule has 9 heteroatoms. The van der Waals surface area contributed by atoms with Gasteiger partial charge in [-0.2, -0.15) is 0 Å². The Morgan fingerprint density at radius 3 is 2.33 bits per heavy atom. The molecule has 2 rings (SSSR count). The van der Waals surface area contributed by atoms with Crippen molar-refractivity contribution < 1.29 is 16.8 Å². The van der Waals surface area contributed by atoms with Crippen LogP contribution < -0.4 is 4.72 Å². The Morgan fingerprint density at radius 2 is 1.70 bits per heavy atom. The van der Waals surface area contributed by atoms with Crippen LogP contribution in [0, 0.1) is 0 Å². The summed E-state index contributed by atoms with van der Waals surface area (Å²) in [6.45, 7) is 1.77. The lowest BCUT2D eigenvalue weighted by Crippen LogP contribution is -2.28. The second kappa shape index (κ2) is 9.29. The number of rotatable bonds is 9. The molecule has 0 saturated heterocycles. The van der Waals surface area contributed by atoms with Gasteiger partial charge in [0, 0.05) is 23.8 Å². The van der Waals surface area contributed by atoms with Gasteiger partial charge in [-0.05, 0) is 59.7 Å². The maximum atomic E-state index is 12.5. The van der Waals surface area contributed by atoms with E-state index in [0.717, 1.165) is 19.3 Å². The van der Waals surface area contributed by atoms with E-state index >= 15 is 0 Å². The standard InChI is InChI=1S/C18H23BrN2O4S2/c1-21(14-15-7-4-3-5-8-15)12-6-11-20-27(24,25)18-13-16(26(2,22)23)9-10-17(18)19/h3-5,7-10,13,20H,6,11-12,14H2,1-2H3. The minimum absolute atomic E-state index is 0.0336. The van der Waals surface area contributed by atoms with Gasteiger partial charge in [-0.15, -0.1) is 0 Å². The van der Waals surface area contributed by atoms with Crippen LogP contribution in [0.4, 0.5) is 0 Å². The number of halogens is 1. The van der Waals surface area contributed by atoms with E-state index < -0.39 is 19.9 Å². The maximum absolute atomic E-state index is 12.5. The lowest BCUT2D eigenvalue weighted by Gasteiger charge is -2.17. The first-order valence-corrected chi connectivity index (χ1v) is 12.5. The second-order valence-electron chi connectivity index (χ2n) is 6.34. The summed E-state index contributed by atoms with van der Waals surface area (Å²) < 4.78 is 51.2. The smallest absolute Gasteiger partial charge is 0.241 e. The van der Waals surface area contributed by atoms with Gasteiger partial charge in [0.05, 0.1) is 9.79 Å². The summed E-state index contributed by atoms with van der Waals surface area (Å²) >= 11 is 3.18. The molecular weight excluding hydrogens is 452 g/mol. The summed E-state index contributed by atoms with van der Waals surface area (Å²) in [6.07, 6.45) is 1.68. The second-order valence-corrected chi connectivity index (χ2v) is 10.9. The van der Waals surface area contributed by atoms with Crippen molar-refractivity contribution in [1.82, 2.24) is 9.62 Å². The van der Waals surface area contributed by atoms with E-state index in [1.807, 2.05) is 37.4 Å². The van der Waals surface area contributed by atoms with Crippen LogP contribution in [0.25, 0.3) is 0 Å². The molecule has 0 spiro atoms. The molecule has 0 radical (unpaired) electrons. The zero-order chi connectivity index (χ0) is 20.1. The molecule has 0 heterocycles. The molecule has 6 nitrogen and oxygen atoms in total. The highest BCUT2D eigenvalue weighted by molar-refractivity contribution is 9.10. The van der Waals surface area contributed by atoms with Crippen molar-refractivity contribution in [3.05, 3.63) is 58.6 Å². The predicted molar refractivity (Wildman–Crippen MR) is 110 cm³/mol. The fourth-order valence-electron chi connectivity index (χ4n) is 2.53. The zero-order valence-electron chi connectivity index (χ0n) is 15.2. The van der Waals surface area contributed by atoms with Crippen LogP contribution in [-0.4, -0.2) is 48.1 Å². The first-order valence-electron chi connectivity index (χ1n) is 8.31. The van der Waals surface area contributed by atoms with E-state index in [1.54, 1.807) is 0 Å². The topological polar surface area (TPSA) is 83.6 Å². The minimum atomic E-state index is -3.81. The van der Waals surface area contributed by atoms with E-state index in [-0.39, 0.29) is 16.3 Å².